The normalized spacial score (nSPS) is 8.86. The van der Waals surface area contributed by atoms with Crippen molar-refractivity contribution in [1.82, 2.24) is 9.78 Å². The van der Waals surface area contributed by atoms with E-state index in [1.807, 2.05) is 20.8 Å². The van der Waals surface area contributed by atoms with Crippen molar-refractivity contribution >= 4 is 11.7 Å². The molecule has 0 bridgehead atoms. The van der Waals surface area contributed by atoms with Crippen LogP contribution >= 0.6 is 0 Å². The van der Waals surface area contributed by atoms with Gasteiger partial charge in [0.25, 0.3) is 0 Å². The quantitative estimate of drug-likeness (QED) is 0.729. The number of nitrogen functional groups attached to an aromatic ring is 1. The van der Waals surface area contributed by atoms with E-state index >= 15 is 0 Å². The highest BCUT2D eigenvalue weighted by Gasteiger charge is 2.13. The van der Waals surface area contributed by atoms with E-state index < -0.39 is 5.97 Å². The van der Waals surface area contributed by atoms with Gasteiger partial charge in [0.1, 0.15) is 0 Å². The summed E-state index contributed by atoms with van der Waals surface area (Å²) in [6, 6.07) is 0. The molecule has 1 aromatic rings. The molecule has 0 radical (unpaired) electrons. The highest BCUT2D eigenvalue weighted by atomic mass is 16.5. The smallest absolute Gasteiger partial charge is 0.360 e. The first-order chi connectivity index (χ1) is 6.69. The van der Waals surface area contributed by atoms with Gasteiger partial charge in [0.2, 0.25) is 0 Å². The topological polar surface area (TPSA) is 70.1 Å². The second kappa shape index (κ2) is 6.01. The number of anilines is 1. The zero-order valence-corrected chi connectivity index (χ0v) is 9.07. The van der Waals surface area contributed by atoms with Gasteiger partial charge in [-0.15, -0.1) is 0 Å². The molecule has 0 amide bonds. The first-order valence-electron chi connectivity index (χ1n) is 4.60. The summed E-state index contributed by atoms with van der Waals surface area (Å²) < 4.78 is 6.07. The first kappa shape index (κ1) is 12.5. The molecule has 0 saturated carbocycles. The Labute approximate surface area is 83.8 Å². The van der Waals surface area contributed by atoms with E-state index in [1.54, 1.807) is 10.9 Å². The average molecular weight is 199 g/mol. The number of carbonyl (C=O) groups excluding carboxylic acids is 1. The molecule has 14 heavy (non-hydrogen) atoms. The summed E-state index contributed by atoms with van der Waals surface area (Å²) >= 11 is 0. The maximum atomic E-state index is 11.0. The Morgan fingerprint density at radius 1 is 1.64 bits per heavy atom. The van der Waals surface area contributed by atoms with Gasteiger partial charge < -0.3 is 10.5 Å². The minimum Gasteiger partial charge on any atom is -0.464 e. The van der Waals surface area contributed by atoms with Crippen LogP contribution in [-0.4, -0.2) is 22.9 Å². The van der Waals surface area contributed by atoms with Crippen LogP contribution < -0.4 is 5.73 Å². The Morgan fingerprint density at radius 2 is 2.21 bits per heavy atom. The lowest BCUT2D eigenvalue weighted by molar-refractivity contribution is 0.0594. The summed E-state index contributed by atoms with van der Waals surface area (Å²) in [5.74, 6) is -0.500. The Balaban J connectivity index is 0.000000791. The molecule has 0 fully saturated rings. The van der Waals surface area contributed by atoms with E-state index in [4.69, 9.17) is 5.73 Å². The van der Waals surface area contributed by atoms with E-state index in [0.717, 1.165) is 0 Å². The predicted octanol–water partition coefficient (Wildman–Crippen LogP) is 1.30. The fourth-order valence-electron chi connectivity index (χ4n) is 0.854. The highest BCUT2D eigenvalue weighted by Crippen LogP contribution is 2.09. The molecular weight excluding hydrogens is 182 g/mol. The van der Waals surface area contributed by atoms with Crippen molar-refractivity contribution < 1.29 is 9.53 Å². The third-order valence-corrected chi connectivity index (χ3v) is 1.49. The van der Waals surface area contributed by atoms with Crippen LogP contribution in [0.2, 0.25) is 0 Å². The van der Waals surface area contributed by atoms with Gasteiger partial charge in [0.15, 0.2) is 5.69 Å². The Hall–Kier alpha value is -1.52. The minimum atomic E-state index is -0.500. The molecule has 0 atom stereocenters. The number of hydrogen-bond donors (Lipinski definition) is 1. The average Bonchev–Trinajstić information content (AvgIpc) is 2.61. The van der Waals surface area contributed by atoms with E-state index in [1.165, 1.54) is 7.11 Å². The number of esters is 1. The molecule has 0 aromatic carbocycles. The van der Waals surface area contributed by atoms with E-state index in [9.17, 15) is 4.79 Å². The van der Waals surface area contributed by atoms with Crippen molar-refractivity contribution in [3.63, 3.8) is 0 Å². The van der Waals surface area contributed by atoms with Crippen LogP contribution in [0.3, 0.4) is 0 Å². The van der Waals surface area contributed by atoms with Crippen molar-refractivity contribution in [1.29, 1.82) is 0 Å². The van der Waals surface area contributed by atoms with Crippen LogP contribution in [0, 0.1) is 0 Å². The zero-order valence-electron chi connectivity index (χ0n) is 9.07. The molecule has 0 saturated heterocycles. The molecule has 2 N–H and O–H groups in total. The number of hydrogen-bond acceptors (Lipinski definition) is 4. The number of aromatic nitrogens is 2. The number of carbonyl (C=O) groups is 1. The van der Waals surface area contributed by atoms with Crippen LogP contribution in [0.4, 0.5) is 5.69 Å². The van der Waals surface area contributed by atoms with Crippen LogP contribution in [0.25, 0.3) is 0 Å². The lowest BCUT2D eigenvalue weighted by Gasteiger charge is -1.93. The summed E-state index contributed by atoms with van der Waals surface area (Å²) in [7, 11) is 1.30. The third kappa shape index (κ3) is 2.76. The van der Waals surface area contributed by atoms with Crippen LogP contribution in [-0.2, 0) is 11.3 Å². The van der Waals surface area contributed by atoms with Crippen molar-refractivity contribution in [3.8, 4) is 0 Å². The van der Waals surface area contributed by atoms with Gasteiger partial charge in [0.05, 0.1) is 12.8 Å². The summed E-state index contributed by atoms with van der Waals surface area (Å²) in [6.45, 7) is 6.59. The summed E-state index contributed by atoms with van der Waals surface area (Å²) in [6.07, 6.45) is 1.60. The van der Waals surface area contributed by atoms with Gasteiger partial charge in [-0.2, -0.15) is 5.10 Å². The van der Waals surface area contributed by atoms with Gasteiger partial charge in [-0.3, -0.25) is 4.68 Å². The Kier molecular flexibility index (Phi) is 5.36. The summed E-state index contributed by atoms with van der Waals surface area (Å²) in [5, 5.41) is 3.92. The molecule has 80 valence electrons. The first-order valence-corrected chi connectivity index (χ1v) is 4.60. The number of rotatable bonds is 2. The third-order valence-electron chi connectivity index (χ3n) is 1.49. The van der Waals surface area contributed by atoms with Crippen molar-refractivity contribution in [2.45, 2.75) is 27.3 Å². The molecular formula is C9H17N3O2. The van der Waals surface area contributed by atoms with Gasteiger partial charge in [-0.1, -0.05) is 13.8 Å². The second-order valence-corrected chi connectivity index (χ2v) is 2.28. The molecule has 5 heteroatoms. The van der Waals surface area contributed by atoms with E-state index in [0.29, 0.717) is 12.2 Å². The molecule has 1 heterocycles. The molecule has 0 aliphatic carbocycles. The molecule has 0 aliphatic heterocycles. The number of ether oxygens (including phenoxy) is 1. The molecule has 1 aromatic heterocycles. The molecule has 0 aliphatic rings. The van der Waals surface area contributed by atoms with Crippen LogP contribution in [0.1, 0.15) is 31.3 Å². The predicted molar refractivity (Wildman–Crippen MR) is 55.0 cm³/mol. The fourth-order valence-corrected chi connectivity index (χ4v) is 0.854. The van der Waals surface area contributed by atoms with Crippen molar-refractivity contribution in [2.75, 3.05) is 12.8 Å². The standard InChI is InChI=1S/C7H11N3O2.C2H6/c1-3-10-4-5(8)6(9-10)7(11)12-2;1-2/h4H,3,8H2,1-2H3;1-2H3. The van der Waals surface area contributed by atoms with Gasteiger partial charge in [-0.25, -0.2) is 4.79 Å². The van der Waals surface area contributed by atoms with Crippen LogP contribution in [0.5, 0.6) is 0 Å². The van der Waals surface area contributed by atoms with Gasteiger partial charge in [-0.05, 0) is 6.92 Å². The zero-order chi connectivity index (χ0) is 11.1. The number of nitrogens with two attached hydrogens (primary N) is 1. The SMILES string of the molecule is CC.CCn1cc(N)c(C(=O)OC)n1. The lowest BCUT2D eigenvalue weighted by Crippen LogP contribution is -2.06. The van der Waals surface area contributed by atoms with Gasteiger partial charge >= 0.3 is 5.97 Å². The monoisotopic (exact) mass is 199 g/mol. The molecule has 0 spiro atoms. The Morgan fingerprint density at radius 3 is 2.57 bits per heavy atom. The van der Waals surface area contributed by atoms with Crippen molar-refractivity contribution in [2.24, 2.45) is 0 Å². The lowest BCUT2D eigenvalue weighted by atomic mass is 10.4. The largest absolute Gasteiger partial charge is 0.464 e. The summed E-state index contributed by atoms with van der Waals surface area (Å²) in [4.78, 5) is 11.0. The maximum absolute atomic E-state index is 11.0. The molecule has 0 unspecified atom stereocenters. The number of aryl methyl sites for hydroxylation is 1. The molecule has 1 rings (SSSR count). The van der Waals surface area contributed by atoms with E-state index in [-0.39, 0.29) is 5.69 Å². The maximum Gasteiger partial charge on any atom is 0.360 e. The fraction of sp³-hybridized carbons (Fsp3) is 0.556. The highest BCUT2D eigenvalue weighted by molar-refractivity contribution is 5.92. The minimum absolute atomic E-state index is 0.180. The number of nitrogens with zero attached hydrogens (tertiary/aromatic N) is 2. The summed E-state index contributed by atoms with van der Waals surface area (Å²) in [5.41, 5.74) is 6.04. The van der Waals surface area contributed by atoms with Crippen LogP contribution in [0.15, 0.2) is 6.20 Å². The Bertz CT molecular complexity index is 294. The van der Waals surface area contributed by atoms with E-state index in [2.05, 4.69) is 9.84 Å². The molecule has 5 nitrogen and oxygen atoms in total. The van der Waals surface area contributed by atoms with Crippen molar-refractivity contribution in [3.05, 3.63) is 11.9 Å². The number of methoxy groups -OCH3 is 1. The van der Waals surface area contributed by atoms with Gasteiger partial charge in [0, 0.05) is 12.7 Å². The second-order valence-electron chi connectivity index (χ2n) is 2.28.